The molecule has 1 aromatic carbocycles. The van der Waals surface area contributed by atoms with E-state index in [0.717, 1.165) is 19.3 Å². The van der Waals surface area contributed by atoms with Crippen LogP contribution in [0, 0.1) is 15.5 Å². The van der Waals surface area contributed by atoms with Crippen molar-refractivity contribution in [3.63, 3.8) is 0 Å². The van der Waals surface area contributed by atoms with Crippen molar-refractivity contribution in [2.75, 3.05) is 6.61 Å². The monoisotopic (exact) mass is 279 g/mol. The highest BCUT2D eigenvalue weighted by atomic mass is 16.7. The van der Waals surface area contributed by atoms with Crippen molar-refractivity contribution in [2.24, 2.45) is 5.41 Å². The molecule has 0 heterocycles. The number of hydrogen-bond donors (Lipinski definition) is 0. The van der Waals surface area contributed by atoms with E-state index in [1.165, 1.54) is 30.7 Å². The fourth-order valence-electron chi connectivity index (χ4n) is 2.25. The molecule has 0 amide bonds. The van der Waals surface area contributed by atoms with Gasteiger partial charge in [-0.1, -0.05) is 13.3 Å². The van der Waals surface area contributed by atoms with Gasteiger partial charge in [0, 0.05) is 17.5 Å². The molecule has 1 saturated carbocycles. The number of hydrogen-bond acceptors (Lipinski definition) is 5. The lowest BCUT2D eigenvalue weighted by Crippen LogP contribution is -2.35. The van der Waals surface area contributed by atoms with Crippen LogP contribution in [0.15, 0.2) is 24.3 Å². The summed E-state index contributed by atoms with van der Waals surface area (Å²) in [6, 6.07) is 5.31. The molecule has 0 bridgehead atoms. The zero-order valence-electron chi connectivity index (χ0n) is 11.3. The van der Waals surface area contributed by atoms with Gasteiger partial charge in [-0.25, -0.2) is 4.79 Å². The van der Waals surface area contributed by atoms with Crippen molar-refractivity contribution in [1.29, 1.82) is 0 Å². The first-order chi connectivity index (χ1) is 9.54. The first-order valence-electron chi connectivity index (χ1n) is 6.64. The van der Waals surface area contributed by atoms with Crippen molar-refractivity contribution >= 4 is 11.8 Å². The van der Waals surface area contributed by atoms with Gasteiger partial charge in [0.25, 0.3) is 5.69 Å². The second kappa shape index (κ2) is 5.90. The second-order valence-corrected chi connectivity index (χ2v) is 5.10. The predicted molar refractivity (Wildman–Crippen MR) is 71.6 cm³/mol. The topological polar surface area (TPSA) is 78.7 Å². The standard InChI is InChI=1S/C14H17NO5/c1-2-14(8-3-9-14)10-19-13(16)20-12-6-4-11(5-7-12)15(17)18/h4-7H,2-3,8-10H2,1H3. The maximum Gasteiger partial charge on any atom is 0.513 e. The molecular weight excluding hydrogens is 262 g/mol. The molecule has 1 aliphatic rings. The Balaban J connectivity index is 1.83. The second-order valence-electron chi connectivity index (χ2n) is 5.10. The summed E-state index contributed by atoms with van der Waals surface area (Å²) < 4.78 is 10.1. The molecule has 0 aromatic heterocycles. The SMILES string of the molecule is CCC1(COC(=O)Oc2ccc([N+](=O)[O-])cc2)CCC1. The van der Waals surface area contributed by atoms with Crippen LogP contribution < -0.4 is 4.74 Å². The Labute approximate surface area is 116 Å². The largest absolute Gasteiger partial charge is 0.513 e. The van der Waals surface area contributed by atoms with E-state index in [9.17, 15) is 14.9 Å². The van der Waals surface area contributed by atoms with Gasteiger partial charge in [0.2, 0.25) is 0 Å². The lowest BCUT2D eigenvalue weighted by atomic mass is 9.68. The highest BCUT2D eigenvalue weighted by molar-refractivity contribution is 5.64. The molecule has 108 valence electrons. The molecule has 0 atom stereocenters. The number of carbonyl (C=O) groups excluding carboxylic acids is 1. The third kappa shape index (κ3) is 3.26. The number of ether oxygens (including phenoxy) is 2. The minimum Gasteiger partial charge on any atom is -0.433 e. The number of nitrogens with zero attached hydrogens (tertiary/aromatic N) is 1. The van der Waals surface area contributed by atoms with Gasteiger partial charge in [0.15, 0.2) is 0 Å². The lowest BCUT2D eigenvalue weighted by molar-refractivity contribution is -0.384. The van der Waals surface area contributed by atoms with Crippen LogP contribution in [-0.2, 0) is 4.74 Å². The maximum atomic E-state index is 11.6. The summed E-state index contributed by atoms with van der Waals surface area (Å²) in [4.78, 5) is 21.5. The number of non-ortho nitro benzene ring substituents is 1. The fourth-order valence-corrected chi connectivity index (χ4v) is 2.25. The number of carbonyl (C=O) groups is 1. The molecular formula is C14H17NO5. The summed E-state index contributed by atoms with van der Waals surface area (Å²) in [5.74, 6) is 0.236. The van der Waals surface area contributed by atoms with Crippen LogP contribution >= 0.6 is 0 Å². The van der Waals surface area contributed by atoms with E-state index in [4.69, 9.17) is 9.47 Å². The molecule has 6 heteroatoms. The molecule has 2 rings (SSSR count). The Morgan fingerprint density at radius 1 is 1.35 bits per heavy atom. The number of rotatable bonds is 5. The van der Waals surface area contributed by atoms with Crippen LogP contribution in [0.3, 0.4) is 0 Å². The third-order valence-electron chi connectivity index (χ3n) is 3.91. The predicted octanol–water partition coefficient (Wildman–Crippen LogP) is 3.69. The Kier molecular flexibility index (Phi) is 4.22. The van der Waals surface area contributed by atoms with Crippen LogP contribution in [0.5, 0.6) is 5.75 Å². The Morgan fingerprint density at radius 3 is 2.45 bits per heavy atom. The number of nitro groups is 1. The Morgan fingerprint density at radius 2 is 2.00 bits per heavy atom. The zero-order chi connectivity index (χ0) is 14.6. The van der Waals surface area contributed by atoms with Gasteiger partial charge in [0.05, 0.1) is 4.92 Å². The van der Waals surface area contributed by atoms with Crippen LogP contribution in [-0.4, -0.2) is 17.7 Å². The van der Waals surface area contributed by atoms with Crippen LogP contribution in [0.2, 0.25) is 0 Å². The smallest absolute Gasteiger partial charge is 0.433 e. The van der Waals surface area contributed by atoms with E-state index in [1.807, 2.05) is 0 Å². The molecule has 20 heavy (non-hydrogen) atoms. The highest BCUT2D eigenvalue weighted by Crippen LogP contribution is 2.43. The summed E-state index contributed by atoms with van der Waals surface area (Å²) in [5.41, 5.74) is 0.0687. The highest BCUT2D eigenvalue weighted by Gasteiger charge is 2.36. The van der Waals surface area contributed by atoms with Crippen molar-refractivity contribution < 1.29 is 19.2 Å². The van der Waals surface area contributed by atoms with E-state index in [0.29, 0.717) is 6.61 Å². The van der Waals surface area contributed by atoms with Gasteiger partial charge in [-0.05, 0) is 31.4 Å². The zero-order valence-corrected chi connectivity index (χ0v) is 11.3. The fraction of sp³-hybridized carbons (Fsp3) is 0.500. The van der Waals surface area contributed by atoms with E-state index in [-0.39, 0.29) is 16.9 Å². The molecule has 0 unspecified atom stereocenters. The summed E-state index contributed by atoms with van der Waals surface area (Å²) in [7, 11) is 0. The normalized spacial score (nSPS) is 16.1. The van der Waals surface area contributed by atoms with E-state index < -0.39 is 11.1 Å². The van der Waals surface area contributed by atoms with Crippen molar-refractivity contribution in [2.45, 2.75) is 32.6 Å². The van der Waals surface area contributed by atoms with Crippen LogP contribution in [0.1, 0.15) is 32.6 Å². The quantitative estimate of drug-likeness (QED) is 0.355. The van der Waals surface area contributed by atoms with E-state index in [2.05, 4.69) is 6.92 Å². The van der Waals surface area contributed by atoms with Gasteiger partial charge in [-0.15, -0.1) is 0 Å². The van der Waals surface area contributed by atoms with E-state index in [1.54, 1.807) is 0 Å². The summed E-state index contributed by atoms with van der Waals surface area (Å²) in [5, 5.41) is 10.5. The molecule has 0 spiro atoms. The first kappa shape index (κ1) is 14.3. The molecule has 1 aromatic rings. The molecule has 0 radical (unpaired) electrons. The average Bonchev–Trinajstić information content (AvgIpc) is 2.38. The third-order valence-corrected chi connectivity index (χ3v) is 3.91. The lowest BCUT2D eigenvalue weighted by Gasteiger charge is -2.40. The van der Waals surface area contributed by atoms with Crippen molar-refractivity contribution in [3.05, 3.63) is 34.4 Å². The van der Waals surface area contributed by atoms with Gasteiger partial charge >= 0.3 is 6.16 Å². The molecule has 6 nitrogen and oxygen atoms in total. The van der Waals surface area contributed by atoms with Gasteiger partial charge < -0.3 is 9.47 Å². The Bertz CT molecular complexity index is 487. The van der Waals surface area contributed by atoms with Crippen molar-refractivity contribution in [1.82, 2.24) is 0 Å². The van der Waals surface area contributed by atoms with Gasteiger partial charge in [-0.3, -0.25) is 10.1 Å². The van der Waals surface area contributed by atoms with Crippen LogP contribution in [0.25, 0.3) is 0 Å². The van der Waals surface area contributed by atoms with Crippen molar-refractivity contribution in [3.8, 4) is 5.75 Å². The molecule has 1 aliphatic carbocycles. The molecule has 1 fully saturated rings. The molecule has 0 saturated heterocycles. The minimum atomic E-state index is -0.765. The molecule has 0 aliphatic heterocycles. The summed E-state index contributed by atoms with van der Waals surface area (Å²) in [6.45, 7) is 2.46. The first-order valence-corrected chi connectivity index (χ1v) is 6.64. The Hall–Kier alpha value is -2.11. The number of nitro benzene ring substituents is 1. The maximum absolute atomic E-state index is 11.6. The summed E-state index contributed by atoms with van der Waals surface area (Å²) in [6.07, 6.45) is 3.55. The van der Waals surface area contributed by atoms with E-state index >= 15 is 0 Å². The summed E-state index contributed by atoms with van der Waals surface area (Å²) >= 11 is 0. The minimum absolute atomic E-state index is 0.0508. The molecule has 0 N–H and O–H groups in total. The van der Waals surface area contributed by atoms with Gasteiger partial charge in [-0.2, -0.15) is 0 Å². The van der Waals surface area contributed by atoms with Gasteiger partial charge in [0.1, 0.15) is 12.4 Å². The number of benzene rings is 1. The van der Waals surface area contributed by atoms with Crippen LogP contribution in [0.4, 0.5) is 10.5 Å². The average molecular weight is 279 g/mol.